The number of amides is 7. The van der Waals surface area contributed by atoms with Gasteiger partial charge in [0.05, 0.1) is 6.54 Å². The zero-order chi connectivity index (χ0) is 35.0. The van der Waals surface area contributed by atoms with Gasteiger partial charge in [0, 0.05) is 73.8 Å². The molecule has 3 aliphatic rings. The molecular weight excluding hydrogens is 638 g/mol. The van der Waals surface area contributed by atoms with E-state index >= 15 is 0 Å². The third-order valence-corrected chi connectivity index (χ3v) is 6.79. The van der Waals surface area contributed by atoms with E-state index in [0.717, 1.165) is 30.6 Å². The van der Waals surface area contributed by atoms with Crippen LogP contribution in [0.1, 0.15) is 70.6 Å². The van der Waals surface area contributed by atoms with E-state index in [4.69, 9.17) is 17.1 Å². The second-order valence-electron chi connectivity index (χ2n) is 10.1. The van der Waals surface area contributed by atoms with Crippen molar-refractivity contribution >= 4 is 64.3 Å². The first-order valence-electron chi connectivity index (χ1n) is 14.9. The summed E-state index contributed by atoms with van der Waals surface area (Å²) in [5.74, 6) is -2.07. The van der Waals surface area contributed by atoms with Gasteiger partial charge in [-0.1, -0.05) is 12.8 Å². The van der Waals surface area contributed by atoms with Crippen LogP contribution in [0.15, 0.2) is 46.6 Å². The van der Waals surface area contributed by atoms with E-state index in [1.165, 1.54) is 52.3 Å². The number of hydrogen-bond donors (Lipinski definition) is 0. The first-order chi connectivity index (χ1) is 22.5. The van der Waals surface area contributed by atoms with Crippen LogP contribution in [0.25, 0.3) is 10.4 Å². The maximum Gasteiger partial charge on any atom is 0.253 e. The number of aliphatic imine (C=N–C) groups is 1. The molecule has 47 heavy (non-hydrogen) atoms. The van der Waals surface area contributed by atoms with Crippen LogP contribution < -0.4 is 0 Å². The van der Waals surface area contributed by atoms with Crippen molar-refractivity contribution in [1.29, 1.82) is 0 Å². The van der Waals surface area contributed by atoms with Crippen LogP contribution in [0.4, 0.5) is 0 Å². The Morgan fingerprint density at radius 3 is 1.32 bits per heavy atom. The topological polar surface area (TPSA) is 224 Å². The normalized spacial score (nSPS) is 14.5. The molecule has 0 unspecified atom stereocenters. The van der Waals surface area contributed by atoms with Gasteiger partial charge in [-0.3, -0.25) is 53.1 Å². The molecule has 0 saturated heterocycles. The van der Waals surface area contributed by atoms with E-state index in [2.05, 4.69) is 15.0 Å². The largest absolute Gasteiger partial charge is 0.293 e. The van der Waals surface area contributed by atoms with Crippen molar-refractivity contribution in [3.8, 4) is 0 Å². The van der Waals surface area contributed by atoms with Crippen molar-refractivity contribution in [3.63, 3.8) is 0 Å². The predicted molar refractivity (Wildman–Crippen MR) is 166 cm³/mol. The number of halogens is 1. The Balaban J connectivity index is 0.000000353. The van der Waals surface area contributed by atoms with Gasteiger partial charge in [-0.05, 0) is 67.2 Å². The van der Waals surface area contributed by atoms with Gasteiger partial charge in [0.2, 0.25) is 17.2 Å². The van der Waals surface area contributed by atoms with Crippen LogP contribution >= 0.6 is 11.6 Å². The average Bonchev–Trinajstić information content (AvgIpc) is 3.65. The van der Waals surface area contributed by atoms with Gasteiger partial charge in [-0.2, -0.15) is 0 Å². The fourth-order valence-corrected chi connectivity index (χ4v) is 4.30. The second kappa shape index (κ2) is 23.3. The maximum absolute atomic E-state index is 11.2. The van der Waals surface area contributed by atoms with Gasteiger partial charge in [0.1, 0.15) is 0 Å². The smallest absolute Gasteiger partial charge is 0.253 e. The highest BCUT2D eigenvalue weighted by molar-refractivity contribution is 6.63. The van der Waals surface area contributed by atoms with Crippen molar-refractivity contribution in [3.05, 3.63) is 46.9 Å². The van der Waals surface area contributed by atoms with E-state index in [9.17, 15) is 43.2 Å². The third-order valence-electron chi connectivity index (χ3n) is 6.60. The highest BCUT2D eigenvalue weighted by atomic mass is 35.5. The summed E-state index contributed by atoms with van der Waals surface area (Å²) in [6.07, 6.45) is 16.1. The van der Waals surface area contributed by atoms with Gasteiger partial charge in [-0.15, -0.1) is 0 Å². The fraction of sp³-hybridized carbons (Fsp3) is 0.500. The number of nitrogens with zero attached hydrogens (tertiary/aromatic N) is 7. The van der Waals surface area contributed by atoms with Crippen LogP contribution in [0.3, 0.4) is 0 Å². The molecule has 252 valence electrons. The monoisotopic (exact) mass is 673 g/mol. The van der Waals surface area contributed by atoms with E-state index in [0.29, 0.717) is 64.7 Å². The van der Waals surface area contributed by atoms with Crippen LogP contribution in [0.2, 0.25) is 0 Å². The highest BCUT2D eigenvalue weighted by Gasteiger charge is 2.23. The van der Waals surface area contributed by atoms with Crippen LogP contribution in [0, 0.1) is 0 Å². The zero-order valence-corrected chi connectivity index (χ0v) is 26.5. The van der Waals surface area contributed by atoms with Crippen molar-refractivity contribution in [2.45, 2.75) is 70.6 Å². The number of unbranched alkanes of at least 4 members (excludes halogenated alkanes) is 6. The van der Waals surface area contributed by atoms with E-state index < -0.39 is 5.91 Å². The second-order valence-corrected chi connectivity index (χ2v) is 10.5. The standard InChI is InChI=1S/C10H12ClNO3.C10H12N4O3.C10H12N2O3/c11-8(13)4-2-1-3-7-12-9(14)5-6-10(12)15;11-13-12-8(15)4-2-1-3-7-14-9(16)5-6-10(14)17;13-8-11-6-2-1-3-7-12-9(14)4-5-10(12)15/h5-6H,1-4,7H2;5-6H,1-4,7H2;4-5H,1-3,6-7H2. The summed E-state index contributed by atoms with van der Waals surface area (Å²) in [5.41, 5.74) is 7.99. The Morgan fingerprint density at radius 2 is 0.979 bits per heavy atom. The first-order valence-corrected chi connectivity index (χ1v) is 15.3. The van der Waals surface area contributed by atoms with Crippen LogP contribution in [-0.2, 0) is 43.2 Å². The van der Waals surface area contributed by atoms with E-state index in [1.807, 2.05) is 0 Å². The van der Waals surface area contributed by atoms with Gasteiger partial charge in [0.25, 0.3) is 35.4 Å². The molecule has 0 aromatic heterocycles. The molecular formula is C30H36ClN7O9. The minimum Gasteiger partial charge on any atom is -0.293 e. The summed E-state index contributed by atoms with van der Waals surface area (Å²) in [6.45, 7) is 1.68. The molecule has 0 aliphatic carbocycles. The Bertz CT molecular complexity index is 1280. The number of carbonyl (C=O) groups is 8. The zero-order valence-electron chi connectivity index (χ0n) is 25.8. The molecule has 0 aromatic rings. The Hall–Kier alpha value is -5.04. The average molecular weight is 674 g/mol. The lowest BCUT2D eigenvalue weighted by molar-refractivity contribution is -0.138. The summed E-state index contributed by atoms with van der Waals surface area (Å²) < 4.78 is 0. The Kier molecular flexibility index (Phi) is 19.8. The molecule has 0 radical (unpaired) electrons. The molecule has 16 nitrogen and oxygen atoms in total. The number of imide groups is 3. The van der Waals surface area contributed by atoms with Gasteiger partial charge in [0.15, 0.2) is 0 Å². The molecule has 0 aromatic carbocycles. The number of isocyanates is 1. The van der Waals surface area contributed by atoms with E-state index in [-0.39, 0.29) is 47.1 Å². The summed E-state index contributed by atoms with van der Waals surface area (Å²) in [4.78, 5) is 107. The molecule has 0 spiro atoms. The molecule has 7 amide bonds. The quantitative estimate of drug-likeness (QED) is 0.0304. The van der Waals surface area contributed by atoms with Gasteiger partial charge in [-0.25, -0.2) is 9.79 Å². The van der Waals surface area contributed by atoms with Crippen molar-refractivity contribution in [2.75, 3.05) is 26.2 Å². The molecule has 0 fully saturated rings. The summed E-state index contributed by atoms with van der Waals surface area (Å²) in [6, 6.07) is 0. The van der Waals surface area contributed by atoms with Gasteiger partial charge < -0.3 is 0 Å². The lowest BCUT2D eigenvalue weighted by Gasteiger charge is -2.12. The van der Waals surface area contributed by atoms with Crippen molar-refractivity contribution in [1.82, 2.24) is 14.7 Å². The molecule has 0 saturated carbocycles. The number of carbonyl (C=O) groups excluding carboxylic acids is 9. The Labute approximate surface area is 275 Å². The van der Waals surface area contributed by atoms with Crippen LogP contribution in [0.5, 0.6) is 0 Å². The molecule has 0 atom stereocenters. The minimum absolute atomic E-state index is 0.199. The number of rotatable bonds is 18. The minimum atomic E-state index is -0.484. The summed E-state index contributed by atoms with van der Waals surface area (Å²) in [7, 11) is 0. The molecule has 0 bridgehead atoms. The predicted octanol–water partition coefficient (Wildman–Crippen LogP) is 2.96. The summed E-state index contributed by atoms with van der Waals surface area (Å²) in [5, 5.41) is 2.59. The molecule has 3 aliphatic heterocycles. The number of hydrogen-bond acceptors (Lipinski definition) is 10. The van der Waals surface area contributed by atoms with E-state index in [1.54, 1.807) is 0 Å². The molecule has 17 heteroatoms. The summed E-state index contributed by atoms with van der Waals surface area (Å²) >= 11 is 5.16. The lowest BCUT2D eigenvalue weighted by Crippen LogP contribution is -2.30. The van der Waals surface area contributed by atoms with Crippen LogP contribution in [-0.4, -0.2) is 93.6 Å². The van der Waals surface area contributed by atoms with Crippen molar-refractivity contribution in [2.24, 2.45) is 10.1 Å². The maximum atomic E-state index is 11.2. The SMILES string of the molecule is O=C(Cl)CCCCCN1C(=O)C=CC1=O.O=C=NCCCCCN1C(=O)C=CC1=O.[N-]=[N+]=NC(=O)CCCCCN1C(=O)C=CC1=O. The molecule has 3 rings (SSSR count). The highest BCUT2D eigenvalue weighted by Crippen LogP contribution is 2.10. The van der Waals surface area contributed by atoms with Gasteiger partial charge >= 0.3 is 0 Å². The third kappa shape index (κ3) is 16.7. The lowest BCUT2D eigenvalue weighted by atomic mass is 10.2. The molecule has 0 N–H and O–H groups in total. The van der Waals surface area contributed by atoms with Crippen molar-refractivity contribution < 1.29 is 43.2 Å². The fourth-order valence-electron chi connectivity index (χ4n) is 4.17. The molecule has 3 heterocycles. The first kappa shape index (κ1) is 40.0. The number of azide groups is 1. The Morgan fingerprint density at radius 1 is 0.617 bits per heavy atom.